The smallest absolute Gasteiger partial charge is 0.234 e. The minimum atomic E-state index is -0.671. The number of amides is 1. The van der Waals surface area contributed by atoms with Crippen LogP contribution < -0.4 is 16.2 Å². The van der Waals surface area contributed by atoms with Gasteiger partial charge in [0.05, 0.1) is 13.2 Å². The molecule has 0 spiro atoms. The van der Waals surface area contributed by atoms with Crippen LogP contribution in [0.1, 0.15) is 16.7 Å². The van der Waals surface area contributed by atoms with E-state index in [-0.39, 0.29) is 0 Å². The normalized spacial score (nSPS) is 12.2. The zero-order valence-corrected chi connectivity index (χ0v) is 9.91. The van der Waals surface area contributed by atoms with Crippen LogP contribution in [0.2, 0.25) is 0 Å². The second-order valence-electron chi connectivity index (χ2n) is 3.99. The maximum absolute atomic E-state index is 10.9. The fourth-order valence-corrected chi connectivity index (χ4v) is 1.82. The molecule has 0 aliphatic carbocycles. The van der Waals surface area contributed by atoms with Crippen molar-refractivity contribution in [2.24, 2.45) is 11.5 Å². The molecule has 4 heteroatoms. The highest BCUT2D eigenvalue weighted by atomic mass is 16.5. The number of hydrogen-bond donors (Lipinski definition) is 2. The van der Waals surface area contributed by atoms with Crippen molar-refractivity contribution < 1.29 is 9.53 Å². The summed E-state index contributed by atoms with van der Waals surface area (Å²) in [7, 11) is 1.61. The van der Waals surface area contributed by atoms with E-state index in [1.807, 2.05) is 26.0 Å². The first-order valence-corrected chi connectivity index (χ1v) is 5.14. The van der Waals surface area contributed by atoms with Gasteiger partial charge in [0.15, 0.2) is 0 Å². The summed E-state index contributed by atoms with van der Waals surface area (Å²) in [5.74, 6) is 0.281. The summed E-state index contributed by atoms with van der Waals surface area (Å²) in [4.78, 5) is 10.9. The third-order valence-corrected chi connectivity index (χ3v) is 2.51. The molecule has 1 atom stereocenters. The summed E-state index contributed by atoms with van der Waals surface area (Å²) < 4.78 is 5.30. The van der Waals surface area contributed by atoms with Crippen molar-refractivity contribution in [2.45, 2.75) is 26.3 Å². The standard InChI is InChI=1S/C12H18N2O2/c1-7-4-8(2)11(16-3)9(5-7)6-10(13)12(14)15/h4-5,10H,6,13H2,1-3H3,(H2,14,15). The first kappa shape index (κ1) is 12.5. The summed E-state index contributed by atoms with van der Waals surface area (Å²) >= 11 is 0. The van der Waals surface area contributed by atoms with Crippen LogP contribution in [0.4, 0.5) is 0 Å². The van der Waals surface area contributed by atoms with Crippen LogP contribution in [0, 0.1) is 13.8 Å². The second kappa shape index (κ2) is 4.99. The number of carbonyl (C=O) groups excluding carboxylic acids is 1. The van der Waals surface area contributed by atoms with Crippen molar-refractivity contribution in [1.29, 1.82) is 0 Å². The molecule has 1 unspecified atom stereocenters. The van der Waals surface area contributed by atoms with Crippen LogP contribution in [-0.4, -0.2) is 19.1 Å². The number of benzene rings is 1. The van der Waals surface area contributed by atoms with E-state index in [0.29, 0.717) is 6.42 Å². The highest BCUT2D eigenvalue weighted by Crippen LogP contribution is 2.25. The molecule has 0 fully saturated rings. The lowest BCUT2D eigenvalue weighted by atomic mass is 9.99. The second-order valence-corrected chi connectivity index (χ2v) is 3.99. The van der Waals surface area contributed by atoms with E-state index in [4.69, 9.17) is 16.2 Å². The first-order chi connectivity index (χ1) is 7.45. The maximum Gasteiger partial charge on any atom is 0.234 e. The molecule has 0 bridgehead atoms. The van der Waals surface area contributed by atoms with Crippen molar-refractivity contribution >= 4 is 5.91 Å². The van der Waals surface area contributed by atoms with E-state index in [0.717, 1.165) is 22.4 Å². The number of rotatable bonds is 4. The number of nitrogens with two attached hydrogens (primary N) is 2. The summed E-state index contributed by atoms with van der Waals surface area (Å²) in [6.07, 6.45) is 0.404. The number of primary amides is 1. The van der Waals surface area contributed by atoms with Gasteiger partial charge in [-0.05, 0) is 25.0 Å². The van der Waals surface area contributed by atoms with Crippen molar-refractivity contribution in [1.82, 2.24) is 0 Å². The topological polar surface area (TPSA) is 78.3 Å². The van der Waals surface area contributed by atoms with Crippen LogP contribution in [0.5, 0.6) is 5.75 Å². The van der Waals surface area contributed by atoms with Gasteiger partial charge in [0.1, 0.15) is 5.75 Å². The Morgan fingerprint density at radius 3 is 2.56 bits per heavy atom. The third-order valence-electron chi connectivity index (χ3n) is 2.51. The van der Waals surface area contributed by atoms with Gasteiger partial charge in [-0.25, -0.2) is 0 Å². The van der Waals surface area contributed by atoms with E-state index in [9.17, 15) is 4.79 Å². The SMILES string of the molecule is COc1c(C)cc(C)cc1CC(N)C(N)=O. The molecule has 1 rings (SSSR count). The molecule has 0 saturated heterocycles. The highest BCUT2D eigenvalue weighted by molar-refractivity contribution is 5.80. The van der Waals surface area contributed by atoms with Crippen molar-refractivity contribution in [2.75, 3.05) is 7.11 Å². The molecule has 4 N–H and O–H groups in total. The summed E-state index contributed by atoms with van der Waals surface area (Å²) in [6, 6.07) is 3.32. The van der Waals surface area contributed by atoms with Gasteiger partial charge in [0.2, 0.25) is 5.91 Å². The Hall–Kier alpha value is -1.55. The molecule has 88 valence electrons. The Morgan fingerprint density at radius 1 is 1.44 bits per heavy atom. The zero-order valence-electron chi connectivity index (χ0n) is 9.91. The molecule has 0 radical (unpaired) electrons. The van der Waals surface area contributed by atoms with Gasteiger partial charge in [-0.3, -0.25) is 4.79 Å². The van der Waals surface area contributed by atoms with Gasteiger partial charge in [-0.1, -0.05) is 17.7 Å². The van der Waals surface area contributed by atoms with Gasteiger partial charge in [-0.15, -0.1) is 0 Å². The Balaban J connectivity index is 3.07. The Labute approximate surface area is 95.6 Å². The molecule has 4 nitrogen and oxygen atoms in total. The largest absolute Gasteiger partial charge is 0.496 e. The fraction of sp³-hybridized carbons (Fsp3) is 0.417. The number of hydrogen-bond acceptors (Lipinski definition) is 3. The Morgan fingerprint density at radius 2 is 2.06 bits per heavy atom. The summed E-state index contributed by atoms with van der Waals surface area (Å²) in [5.41, 5.74) is 13.9. The number of ether oxygens (including phenoxy) is 1. The van der Waals surface area contributed by atoms with E-state index in [1.165, 1.54) is 0 Å². The lowest BCUT2D eigenvalue weighted by molar-refractivity contribution is -0.119. The van der Waals surface area contributed by atoms with Crippen molar-refractivity contribution in [3.63, 3.8) is 0 Å². The fourth-order valence-electron chi connectivity index (χ4n) is 1.82. The third kappa shape index (κ3) is 2.73. The predicted molar refractivity (Wildman–Crippen MR) is 63.3 cm³/mol. The van der Waals surface area contributed by atoms with Gasteiger partial charge in [0, 0.05) is 6.42 Å². The lowest BCUT2D eigenvalue weighted by Gasteiger charge is -2.14. The average molecular weight is 222 g/mol. The molecule has 0 heterocycles. The van der Waals surface area contributed by atoms with Gasteiger partial charge >= 0.3 is 0 Å². The minimum Gasteiger partial charge on any atom is -0.496 e. The molecule has 0 aromatic heterocycles. The van der Waals surface area contributed by atoms with Crippen molar-refractivity contribution in [3.8, 4) is 5.75 Å². The molecule has 0 aliphatic heterocycles. The van der Waals surface area contributed by atoms with Crippen molar-refractivity contribution in [3.05, 3.63) is 28.8 Å². The maximum atomic E-state index is 10.9. The Bertz CT molecular complexity index is 402. The predicted octanol–water partition coefficient (Wildman–Crippen LogP) is 0.667. The monoisotopic (exact) mass is 222 g/mol. The molecular weight excluding hydrogens is 204 g/mol. The number of carbonyl (C=O) groups is 1. The van der Waals surface area contributed by atoms with E-state index in [2.05, 4.69) is 0 Å². The van der Waals surface area contributed by atoms with E-state index >= 15 is 0 Å². The van der Waals surface area contributed by atoms with Gasteiger partial charge in [-0.2, -0.15) is 0 Å². The van der Waals surface area contributed by atoms with Crippen LogP contribution in [0.25, 0.3) is 0 Å². The molecule has 0 saturated carbocycles. The molecule has 1 aromatic rings. The van der Waals surface area contributed by atoms with E-state index < -0.39 is 11.9 Å². The van der Waals surface area contributed by atoms with Crippen LogP contribution in [0.15, 0.2) is 12.1 Å². The minimum absolute atomic E-state index is 0.404. The average Bonchev–Trinajstić information content (AvgIpc) is 2.16. The van der Waals surface area contributed by atoms with Crippen LogP contribution in [0.3, 0.4) is 0 Å². The number of aryl methyl sites for hydroxylation is 2. The molecule has 0 aliphatic rings. The van der Waals surface area contributed by atoms with Gasteiger partial charge < -0.3 is 16.2 Å². The molecule has 1 amide bonds. The quantitative estimate of drug-likeness (QED) is 0.785. The zero-order chi connectivity index (χ0) is 12.3. The lowest BCUT2D eigenvalue weighted by Crippen LogP contribution is -2.38. The molecule has 1 aromatic carbocycles. The van der Waals surface area contributed by atoms with Gasteiger partial charge in [0.25, 0.3) is 0 Å². The van der Waals surface area contributed by atoms with E-state index in [1.54, 1.807) is 7.11 Å². The van der Waals surface area contributed by atoms with Crippen LogP contribution >= 0.6 is 0 Å². The number of methoxy groups -OCH3 is 1. The summed E-state index contributed by atoms with van der Waals surface area (Å²) in [6.45, 7) is 3.96. The summed E-state index contributed by atoms with van der Waals surface area (Å²) in [5, 5.41) is 0. The Kier molecular flexibility index (Phi) is 3.90. The van der Waals surface area contributed by atoms with Crippen LogP contribution in [-0.2, 0) is 11.2 Å². The molecule has 16 heavy (non-hydrogen) atoms. The molecular formula is C12H18N2O2. The highest BCUT2D eigenvalue weighted by Gasteiger charge is 2.15. The first-order valence-electron chi connectivity index (χ1n) is 5.14.